The van der Waals surface area contributed by atoms with E-state index in [9.17, 15) is 9.59 Å². The monoisotopic (exact) mass is 268 g/mol. The minimum Gasteiger partial charge on any atom is -0.347 e. The number of hydrogen-bond donors (Lipinski definition) is 2. The van der Waals surface area contributed by atoms with Crippen molar-refractivity contribution in [1.82, 2.24) is 15.5 Å². The summed E-state index contributed by atoms with van der Waals surface area (Å²) in [5, 5.41) is 13.0. The molecule has 98 valence electrons. The maximum absolute atomic E-state index is 11.8. The number of anilines is 1. The van der Waals surface area contributed by atoms with Gasteiger partial charge in [0.1, 0.15) is 5.51 Å². The molecule has 0 saturated heterocycles. The molecule has 1 heterocycles. The average molecular weight is 268 g/mol. The Bertz CT molecular complexity index is 401. The highest BCUT2D eigenvalue weighted by Crippen LogP contribution is 2.23. The van der Waals surface area contributed by atoms with Gasteiger partial charge in [0.15, 0.2) is 0 Å². The molecule has 0 spiro atoms. The lowest BCUT2D eigenvalue weighted by Crippen LogP contribution is -2.37. The van der Waals surface area contributed by atoms with E-state index in [0.717, 1.165) is 25.7 Å². The molecule has 0 unspecified atom stereocenters. The molecular weight excluding hydrogens is 252 g/mol. The lowest BCUT2D eigenvalue weighted by molar-refractivity contribution is -0.128. The molecule has 1 aromatic rings. The maximum atomic E-state index is 11.8. The number of carbonyl (C=O) groups excluding carboxylic acids is 2. The van der Waals surface area contributed by atoms with Crippen LogP contribution < -0.4 is 10.6 Å². The van der Waals surface area contributed by atoms with Gasteiger partial charge in [-0.3, -0.25) is 14.9 Å². The highest BCUT2D eigenvalue weighted by molar-refractivity contribution is 7.13. The standard InChI is InChI=1S/C11H16N4O2S/c16-9(14-11-15-13-7-18-11)6-12-10(17)8-4-2-1-3-5-8/h7-8H,1-6H2,(H,12,17)(H,14,15,16). The van der Waals surface area contributed by atoms with Crippen molar-refractivity contribution < 1.29 is 9.59 Å². The molecule has 1 saturated carbocycles. The maximum Gasteiger partial charge on any atom is 0.245 e. The lowest BCUT2D eigenvalue weighted by Gasteiger charge is -2.20. The van der Waals surface area contributed by atoms with Crippen LogP contribution in [0.4, 0.5) is 5.13 Å². The summed E-state index contributed by atoms with van der Waals surface area (Å²) in [6, 6.07) is 0. The molecule has 18 heavy (non-hydrogen) atoms. The molecule has 1 fully saturated rings. The van der Waals surface area contributed by atoms with E-state index >= 15 is 0 Å². The zero-order valence-corrected chi connectivity index (χ0v) is 10.8. The zero-order valence-electron chi connectivity index (χ0n) is 10.0. The van der Waals surface area contributed by atoms with E-state index in [-0.39, 0.29) is 24.3 Å². The summed E-state index contributed by atoms with van der Waals surface area (Å²) in [6.45, 7) is -0.00505. The van der Waals surface area contributed by atoms with Crippen LogP contribution in [0.2, 0.25) is 0 Å². The second-order valence-corrected chi connectivity index (χ2v) is 5.18. The minimum absolute atomic E-state index is 0.00505. The Morgan fingerprint density at radius 3 is 2.78 bits per heavy atom. The van der Waals surface area contributed by atoms with Crippen LogP contribution in [0.15, 0.2) is 5.51 Å². The van der Waals surface area contributed by atoms with Crippen molar-refractivity contribution in [2.75, 3.05) is 11.9 Å². The first-order valence-electron chi connectivity index (χ1n) is 6.09. The first-order chi connectivity index (χ1) is 8.75. The van der Waals surface area contributed by atoms with Gasteiger partial charge in [-0.25, -0.2) is 0 Å². The third kappa shape index (κ3) is 3.76. The van der Waals surface area contributed by atoms with Crippen molar-refractivity contribution in [3.05, 3.63) is 5.51 Å². The molecule has 1 aromatic heterocycles. The van der Waals surface area contributed by atoms with E-state index in [0.29, 0.717) is 5.13 Å². The highest BCUT2D eigenvalue weighted by atomic mass is 32.1. The summed E-state index contributed by atoms with van der Waals surface area (Å²) in [4.78, 5) is 23.3. The van der Waals surface area contributed by atoms with Gasteiger partial charge in [0.05, 0.1) is 6.54 Å². The summed E-state index contributed by atoms with van der Waals surface area (Å²) in [6.07, 6.45) is 5.29. The van der Waals surface area contributed by atoms with Gasteiger partial charge in [-0.05, 0) is 12.8 Å². The smallest absolute Gasteiger partial charge is 0.245 e. The highest BCUT2D eigenvalue weighted by Gasteiger charge is 2.21. The molecular formula is C11H16N4O2S. The van der Waals surface area contributed by atoms with Crippen molar-refractivity contribution in [1.29, 1.82) is 0 Å². The van der Waals surface area contributed by atoms with Crippen LogP contribution in [-0.4, -0.2) is 28.6 Å². The Kier molecular flexibility index (Phi) is 4.63. The van der Waals surface area contributed by atoms with E-state index < -0.39 is 0 Å². The van der Waals surface area contributed by atoms with Crippen LogP contribution in [0.3, 0.4) is 0 Å². The molecule has 0 bridgehead atoms. The fourth-order valence-corrected chi connectivity index (χ4v) is 2.53. The zero-order chi connectivity index (χ0) is 12.8. The quantitative estimate of drug-likeness (QED) is 0.858. The van der Waals surface area contributed by atoms with Gasteiger partial charge in [0.2, 0.25) is 16.9 Å². The van der Waals surface area contributed by atoms with E-state index in [1.54, 1.807) is 0 Å². The van der Waals surface area contributed by atoms with E-state index in [2.05, 4.69) is 20.8 Å². The van der Waals surface area contributed by atoms with Gasteiger partial charge < -0.3 is 5.32 Å². The first kappa shape index (κ1) is 12.9. The van der Waals surface area contributed by atoms with Crippen LogP contribution in [0.1, 0.15) is 32.1 Å². The Balaban J connectivity index is 1.70. The third-order valence-corrected chi connectivity index (χ3v) is 3.61. The lowest BCUT2D eigenvalue weighted by atomic mass is 9.89. The fraction of sp³-hybridized carbons (Fsp3) is 0.636. The molecule has 1 aliphatic rings. The van der Waals surface area contributed by atoms with Crippen LogP contribution in [0.5, 0.6) is 0 Å². The van der Waals surface area contributed by atoms with Crippen molar-refractivity contribution in [2.24, 2.45) is 5.92 Å². The van der Waals surface area contributed by atoms with Gasteiger partial charge in [0.25, 0.3) is 0 Å². The average Bonchev–Trinajstić information content (AvgIpc) is 2.90. The molecule has 0 aliphatic heterocycles. The molecule has 7 heteroatoms. The molecule has 0 atom stereocenters. The van der Waals surface area contributed by atoms with Crippen molar-refractivity contribution in [2.45, 2.75) is 32.1 Å². The van der Waals surface area contributed by atoms with Crippen molar-refractivity contribution in [3.8, 4) is 0 Å². The van der Waals surface area contributed by atoms with Crippen LogP contribution >= 0.6 is 11.3 Å². The van der Waals surface area contributed by atoms with E-state index in [1.165, 1.54) is 23.3 Å². The van der Waals surface area contributed by atoms with Gasteiger partial charge in [0, 0.05) is 5.92 Å². The summed E-state index contributed by atoms with van der Waals surface area (Å²) >= 11 is 1.25. The molecule has 2 amide bonds. The number of aromatic nitrogens is 2. The van der Waals surface area contributed by atoms with Gasteiger partial charge in [-0.15, -0.1) is 10.2 Å². The van der Waals surface area contributed by atoms with Crippen LogP contribution in [-0.2, 0) is 9.59 Å². The molecule has 6 nitrogen and oxygen atoms in total. The molecule has 2 N–H and O–H groups in total. The second-order valence-electron chi connectivity index (χ2n) is 4.34. The summed E-state index contributed by atoms with van der Waals surface area (Å²) < 4.78 is 0. The third-order valence-electron chi connectivity index (χ3n) is 3.01. The predicted molar refractivity (Wildman–Crippen MR) is 68.1 cm³/mol. The van der Waals surface area contributed by atoms with E-state index in [4.69, 9.17) is 0 Å². The van der Waals surface area contributed by atoms with Crippen molar-refractivity contribution in [3.63, 3.8) is 0 Å². The van der Waals surface area contributed by atoms with Gasteiger partial charge in [-0.2, -0.15) is 0 Å². The second kappa shape index (κ2) is 6.44. The normalized spacial score (nSPS) is 16.2. The van der Waals surface area contributed by atoms with Crippen molar-refractivity contribution >= 4 is 28.3 Å². The number of carbonyl (C=O) groups is 2. The topological polar surface area (TPSA) is 84.0 Å². The Morgan fingerprint density at radius 2 is 2.11 bits per heavy atom. The molecule has 1 aliphatic carbocycles. The van der Waals surface area contributed by atoms with Crippen LogP contribution in [0, 0.1) is 5.92 Å². The predicted octanol–water partition coefficient (Wildman–Crippen LogP) is 1.17. The summed E-state index contributed by atoms with van der Waals surface area (Å²) in [5.41, 5.74) is 1.54. The fourth-order valence-electron chi connectivity index (χ4n) is 2.07. The number of nitrogens with zero attached hydrogens (tertiary/aromatic N) is 2. The van der Waals surface area contributed by atoms with Gasteiger partial charge >= 0.3 is 0 Å². The Hall–Kier alpha value is -1.50. The Labute approximate surface area is 109 Å². The number of nitrogens with one attached hydrogen (secondary N) is 2. The summed E-state index contributed by atoms with van der Waals surface area (Å²) in [5.74, 6) is -0.203. The Morgan fingerprint density at radius 1 is 1.33 bits per heavy atom. The molecule has 2 rings (SSSR count). The van der Waals surface area contributed by atoms with E-state index in [1.807, 2.05) is 0 Å². The summed E-state index contributed by atoms with van der Waals surface area (Å²) in [7, 11) is 0. The number of hydrogen-bond acceptors (Lipinski definition) is 5. The minimum atomic E-state index is -0.268. The van der Waals surface area contributed by atoms with Gasteiger partial charge in [-0.1, -0.05) is 30.6 Å². The molecule has 0 aromatic carbocycles. The number of rotatable bonds is 4. The largest absolute Gasteiger partial charge is 0.347 e. The number of amides is 2. The molecule has 0 radical (unpaired) electrons. The SMILES string of the molecule is O=C(CNC(=O)C1CCCCC1)Nc1nncs1. The first-order valence-corrected chi connectivity index (χ1v) is 6.97. The van der Waals surface area contributed by atoms with Crippen LogP contribution in [0.25, 0.3) is 0 Å².